The minimum absolute atomic E-state index is 0.138. The lowest BCUT2D eigenvalue weighted by Crippen LogP contribution is -2.44. The van der Waals surface area contributed by atoms with Gasteiger partial charge in [0, 0.05) is 13.2 Å². The molecular weight excluding hydrogens is 146 g/mol. The maximum absolute atomic E-state index is 10.4. The molecular formula is C6H15N3O2. The maximum atomic E-state index is 10.4. The molecule has 6 N–H and O–H groups in total. The van der Waals surface area contributed by atoms with E-state index in [9.17, 15) is 4.79 Å². The van der Waals surface area contributed by atoms with E-state index in [4.69, 9.17) is 16.6 Å². The van der Waals surface area contributed by atoms with Gasteiger partial charge in [0.25, 0.3) is 0 Å². The summed E-state index contributed by atoms with van der Waals surface area (Å²) in [5.74, 6) is -0.513. The molecule has 0 aromatic carbocycles. The van der Waals surface area contributed by atoms with Crippen molar-refractivity contribution >= 4 is 5.91 Å². The molecule has 0 heterocycles. The van der Waals surface area contributed by atoms with Gasteiger partial charge in [-0.1, -0.05) is 0 Å². The Hall–Kier alpha value is -0.650. The molecule has 5 nitrogen and oxygen atoms in total. The van der Waals surface area contributed by atoms with E-state index in [1.54, 1.807) is 0 Å². The number of nitrogens with two attached hydrogens (primary N) is 2. The number of carbonyl (C=O) groups is 1. The standard InChI is InChI=1S/C6H15N3O2/c7-5(6(8)11)4-9-2-1-3-10/h5,9-10H,1-4,7H2,(H2,8,11). The highest BCUT2D eigenvalue weighted by Gasteiger charge is 2.06. The van der Waals surface area contributed by atoms with Gasteiger partial charge in [-0.2, -0.15) is 0 Å². The Morgan fingerprint density at radius 2 is 2.27 bits per heavy atom. The van der Waals surface area contributed by atoms with Crippen LogP contribution in [-0.2, 0) is 4.79 Å². The predicted octanol–water partition coefficient (Wildman–Crippen LogP) is -2.23. The Morgan fingerprint density at radius 1 is 1.64 bits per heavy atom. The lowest BCUT2D eigenvalue weighted by atomic mass is 10.3. The lowest BCUT2D eigenvalue weighted by Gasteiger charge is -2.07. The van der Waals surface area contributed by atoms with E-state index in [1.165, 1.54) is 0 Å². The second-order valence-corrected chi connectivity index (χ2v) is 2.29. The topological polar surface area (TPSA) is 101 Å². The molecule has 0 saturated carbocycles. The monoisotopic (exact) mass is 161 g/mol. The minimum Gasteiger partial charge on any atom is -0.396 e. The van der Waals surface area contributed by atoms with Gasteiger partial charge in [-0.3, -0.25) is 4.79 Å². The summed E-state index contributed by atoms with van der Waals surface area (Å²) in [7, 11) is 0. The van der Waals surface area contributed by atoms with Gasteiger partial charge in [-0.25, -0.2) is 0 Å². The Labute approximate surface area is 65.7 Å². The summed E-state index contributed by atoms with van der Waals surface area (Å²) in [6.07, 6.45) is 0.658. The smallest absolute Gasteiger partial charge is 0.235 e. The Morgan fingerprint density at radius 3 is 2.73 bits per heavy atom. The number of aliphatic hydroxyl groups is 1. The normalized spacial score (nSPS) is 12.9. The zero-order valence-corrected chi connectivity index (χ0v) is 6.42. The first-order valence-corrected chi connectivity index (χ1v) is 3.55. The summed E-state index contributed by atoms with van der Waals surface area (Å²) >= 11 is 0. The molecule has 1 atom stereocenters. The summed E-state index contributed by atoms with van der Waals surface area (Å²) in [4.78, 5) is 10.4. The minimum atomic E-state index is -0.631. The lowest BCUT2D eigenvalue weighted by molar-refractivity contribution is -0.119. The fourth-order valence-electron chi connectivity index (χ4n) is 0.562. The zero-order chi connectivity index (χ0) is 8.69. The molecule has 0 aliphatic heterocycles. The van der Waals surface area contributed by atoms with Gasteiger partial charge in [-0.15, -0.1) is 0 Å². The van der Waals surface area contributed by atoms with Crippen LogP contribution < -0.4 is 16.8 Å². The molecule has 0 aliphatic carbocycles. The van der Waals surface area contributed by atoms with Crippen molar-refractivity contribution < 1.29 is 9.90 Å². The predicted molar refractivity (Wildman–Crippen MR) is 41.7 cm³/mol. The van der Waals surface area contributed by atoms with E-state index in [0.29, 0.717) is 19.5 Å². The molecule has 5 heteroatoms. The molecule has 0 rings (SSSR count). The van der Waals surface area contributed by atoms with Gasteiger partial charge < -0.3 is 21.9 Å². The molecule has 0 bridgehead atoms. The van der Waals surface area contributed by atoms with Crippen molar-refractivity contribution in [3.63, 3.8) is 0 Å². The van der Waals surface area contributed by atoms with E-state index < -0.39 is 11.9 Å². The van der Waals surface area contributed by atoms with Crippen LogP contribution in [0.5, 0.6) is 0 Å². The van der Waals surface area contributed by atoms with Crippen LogP contribution in [0.4, 0.5) is 0 Å². The maximum Gasteiger partial charge on any atom is 0.235 e. The van der Waals surface area contributed by atoms with Crippen LogP contribution in [0.25, 0.3) is 0 Å². The summed E-state index contributed by atoms with van der Waals surface area (Å²) < 4.78 is 0. The van der Waals surface area contributed by atoms with Crippen molar-refractivity contribution in [1.82, 2.24) is 5.32 Å². The number of carbonyl (C=O) groups excluding carboxylic acids is 1. The molecule has 66 valence electrons. The van der Waals surface area contributed by atoms with Crippen LogP contribution in [0.1, 0.15) is 6.42 Å². The molecule has 0 spiro atoms. The molecule has 11 heavy (non-hydrogen) atoms. The summed E-state index contributed by atoms with van der Waals surface area (Å²) in [6.45, 7) is 1.16. The highest BCUT2D eigenvalue weighted by Crippen LogP contribution is 1.75. The number of amides is 1. The number of nitrogens with one attached hydrogen (secondary N) is 1. The summed E-state index contributed by atoms with van der Waals surface area (Å²) in [5.41, 5.74) is 10.2. The van der Waals surface area contributed by atoms with Crippen molar-refractivity contribution in [1.29, 1.82) is 0 Å². The molecule has 0 aromatic rings. The Bertz CT molecular complexity index is 118. The third-order valence-corrected chi connectivity index (χ3v) is 1.24. The summed E-state index contributed by atoms with van der Waals surface area (Å²) in [6, 6.07) is -0.631. The van der Waals surface area contributed by atoms with E-state index in [2.05, 4.69) is 5.32 Å². The second-order valence-electron chi connectivity index (χ2n) is 2.29. The SMILES string of the molecule is NC(=O)C(N)CNCCCO. The van der Waals surface area contributed by atoms with Gasteiger partial charge in [0.2, 0.25) is 5.91 Å². The molecule has 0 aliphatic rings. The van der Waals surface area contributed by atoms with Crippen LogP contribution in [0, 0.1) is 0 Å². The van der Waals surface area contributed by atoms with Crippen LogP contribution in [-0.4, -0.2) is 36.8 Å². The third-order valence-electron chi connectivity index (χ3n) is 1.24. The fourth-order valence-corrected chi connectivity index (χ4v) is 0.562. The Kier molecular flexibility index (Phi) is 5.73. The van der Waals surface area contributed by atoms with Gasteiger partial charge in [0.15, 0.2) is 0 Å². The van der Waals surface area contributed by atoms with E-state index >= 15 is 0 Å². The van der Waals surface area contributed by atoms with Crippen molar-refractivity contribution in [2.24, 2.45) is 11.5 Å². The molecule has 1 amide bonds. The number of primary amides is 1. The molecule has 0 radical (unpaired) electrons. The second kappa shape index (κ2) is 6.09. The molecule has 1 unspecified atom stereocenters. The number of hydrogen-bond donors (Lipinski definition) is 4. The quantitative estimate of drug-likeness (QED) is 0.331. The first kappa shape index (κ1) is 10.3. The molecule has 0 fully saturated rings. The van der Waals surface area contributed by atoms with Gasteiger partial charge in [0.05, 0.1) is 6.04 Å². The summed E-state index contributed by atoms with van der Waals surface area (Å²) in [5, 5.41) is 11.3. The zero-order valence-electron chi connectivity index (χ0n) is 6.42. The average molecular weight is 161 g/mol. The highest BCUT2D eigenvalue weighted by molar-refractivity contribution is 5.79. The van der Waals surface area contributed by atoms with Crippen LogP contribution in [0.3, 0.4) is 0 Å². The fraction of sp³-hybridized carbons (Fsp3) is 0.833. The first-order chi connectivity index (χ1) is 5.18. The van der Waals surface area contributed by atoms with Gasteiger partial charge >= 0.3 is 0 Å². The largest absolute Gasteiger partial charge is 0.396 e. The third kappa shape index (κ3) is 5.78. The van der Waals surface area contributed by atoms with E-state index in [-0.39, 0.29) is 6.61 Å². The van der Waals surface area contributed by atoms with Gasteiger partial charge in [0.1, 0.15) is 0 Å². The number of rotatable bonds is 6. The van der Waals surface area contributed by atoms with Crippen LogP contribution >= 0.6 is 0 Å². The van der Waals surface area contributed by atoms with Crippen molar-refractivity contribution in [2.75, 3.05) is 19.7 Å². The van der Waals surface area contributed by atoms with E-state index in [1.807, 2.05) is 0 Å². The van der Waals surface area contributed by atoms with Crippen molar-refractivity contribution in [3.05, 3.63) is 0 Å². The number of aliphatic hydroxyl groups excluding tert-OH is 1. The molecule has 0 aromatic heterocycles. The van der Waals surface area contributed by atoms with E-state index in [0.717, 1.165) is 0 Å². The van der Waals surface area contributed by atoms with Crippen molar-refractivity contribution in [3.8, 4) is 0 Å². The molecule has 0 saturated heterocycles. The first-order valence-electron chi connectivity index (χ1n) is 3.55. The van der Waals surface area contributed by atoms with Crippen LogP contribution in [0.15, 0.2) is 0 Å². The average Bonchev–Trinajstić information content (AvgIpc) is 1.97. The highest BCUT2D eigenvalue weighted by atomic mass is 16.3. The Balaban J connectivity index is 3.17. The van der Waals surface area contributed by atoms with Crippen molar-refractivity contribution in [2.45, 2.75) is 12.5 Å². The van der Waals surface area contributed by atoms with Crippen LogP contribution in [0.2, 0.25) is 0 Å². The number of hydrogen-bond acceptors (Lipinski definition) is 4. The van der Waals surface area contributed by atoms with Gasteiger partial charge in [-0.05, 0) is 13.0 Å².